The second-order valence-electron chi connectivity index (χ2n) is 4.12. The summed E-state index contributed by atoms with van der Waals surface area (Å²) in [5, 5.41) is 1.19. The standard InChI is InChI=1S/C15H16N2/c1-3-4-8-13(16)15-10-11(2)12-7-5-6-9-14(12)17-15/h5-7,9-10,13H,8,16H2,1-2H3. The van der Waals surface area contributed by atoms with Crippen LogP contribution in [0.15, 0.2) is 30.3 Å². The lowest BCUT2D eigenvalue weighted by Crippen LogP contribution is -2.11. The number of para-hydroxylation sites is 1. The van der Waals surface area contributed by atoms with E-state index in [0.717, 1.165) is 11.2 Å². The van der Waals surface area contributed by atoms with Crippen LogP contribution in [-0.2, 0) is 0 Å². The van der Waals surface area contributed by atoms with Crippen molar-refractivity contribution in [2.45, 2.75) is 26.3 Å². The SMILES string of the molecule is CC#CCC(N)c1cc(C)c2ccccc2n1. The third kappa shape index (κ3) is 2.46. The molecule has 0 aliphatic carbocycles. The van der Waals surface area contributed by atoms with Crippen molar-refractivity contribution in [3.05, 3.63) is 41.6 Å². The number of rotatable bonds is 2. The summed E-state index contributed by atoms with van der Waals surface area (Å²) in [4.78, 5) is 4.60. The maximum absolute atomic E-state index is 6.08. The van der Waals surface area contributed by atoms with Gasteiger partial charge in [0.15, 0.2) is 0 Å². The van der Waals surface area contributed by atoms with E-state index in [4.69, 9.17) is 5.73 Å². The van der Waals surface area contributed by atoms with E-state index in [2.05, 4.69) is 35.9 Å². The van der Waals surface area contributed by atoms with E-state index >= 15 is 0 Å². The van der Waals surface area contributed by atoms with Crippen LogP contribution in [0.4, 0.5) is 0 Å². The van der Waals surface area contributed by atoms with E-state index in [0.29, 0.717) is 6.42 Å². The van der Waals surface area contributed by atoms with E-state index in [1.54, 1.807) is 0 Å². The Morgan fingerprint density at radius 1 is 1.35 bits per heavy atom. The fraction of sp³-hybridized carbons (Fsp3) is 0.267. The van der Waals surface area contributed by atoms with Crippen LogP contribution < -0.4 is 5.73 Å². The molecule has 0 amide bonds. The lowest BCUT2D eigenvalue weighted by Gasteiger charge is -2.10. The summed E-state index contributed by atoms with van der Waals surface area (Å²) in [5.74, 6) is 5.86. The molecule has 1 aromatic carbocycles. The Morgan fingerprint density at radius 3 is 2.88 bits per heavy atom. The van der Waals surface area contributed by atoms with Crippen molar-refractivity contribution in [1.29, 1.82) is 0 Å². The third-order valence-electron chi connectivity index (χ3n) is 2.82. The predicted molar refractivity (Wildman–Crippen MR) is 71.5 cm³/mol. The molecule has 0 bridgehead atoms. The molecule has 0 radical (unpaired) electrons. The molecule has 0 saturated heterocycles. The van der Waals surface area contributed by atoms with Crippen molar-refractivity contribution < 1.29 is 0 Å². The Labute approximate surface area is 102 Å². The van der Waals surface area contributed by atoms with Crippen LogP contribution in [-0.4, -0.2) is 4.98 Å². The van der Waals surface area contributed by atoms with Gasteiger partial charge in [0.2, 0.25) is 0 Å². The van der Waals surface area contributed by atoms with E-state index in [-0.39, 0.29) is 6.04 Å². The van der Waals surface area contributed by atoms with E-state index in [1.807, 2.05) is 25.1 Å². The highest BCUT2D eigenvalue weighted by atomic mass is 14.8. The summed E-state index contributed by atoms with van der Waals surface area (Å²) >= 11 is 0. The largest absolute Gasteiger partial charge is 0.322 e. The topological polar surface area (TPSA) is 38.9 Å². The van der Waals surface area contributed by atoms with Crippen LogP contribution in [0.3, 0.4) is 0 Å². The summed E-state index contributed by atoms with van der Waals surface area (Å²) in [7, 11) is 0. The molecule has 2 nitrogen and oxygen atoms in total. The quantitative estimate of drug-likeness (QED) is 0.796. The molecule has 1 unspecified atom stereocenters. The maximum Gasteiger partial charge on any atom is 0.0708 e. The lowest BCUT2D eigenvalue weighted by molar-refractivity contribution is 0.728. The fourth-order valence-electron chi connectivity index (χ4n) is 1.88. The molecule has 2 heteroatoms. The van der Waals surface area contributed by atoms with Crippen LogP contribution in [0.2, 0.25) is 0 Å². The first kappa shape index (κ1) is 11.6. The van der Waals surface area contributed by atoms with Gasteiger partial charge in [0.1, 0.15) is 0 Å². The van der Waals surface area contributed by atoms with Gasteiger partial charge in [-0.15, -0.1) is 11.8 Å². The van der Waals surface area contributed by atoms with Crippen LogP contribution >= 0.6 is 0 Å². The normalized spacial score (nSPS) is 11.9. The number of nitrogens with zero attached hydrogens (tertiary/aromatic N) is 1. The number of benzene rings is 1. The Balaban J connectivity index is 2.44. The fourth-order valence-corrected chi connectivity index (χ4v) is 1.88. The minimum atomic E-state index is -0.106. The van der Waals surface area contributed by atoms with Crippen molar-refractivity contribution in [1.82, 2.24) is 4.98 Å². The van der Waals surface area contributed by atoms with Gasteiger partial charge < -0.3 is 5.73 Å². The first-order valence-electron chi connectivity index (χ1n) is 5.74. The third-order valence-corrected chi connectivity index (χ3v) is 2.82. The first-order chi connectivity index (χ1) is 8.22. The Kier molecular flexibility index (Phi) is 3.41. The average molecular weight is 224 g/mol. The Morgan fingerprint density at radius 2 is 2.12 bits per heavy atom. The zero-order valence-electron chi connectivity index (χ0n) is 10.2. The highest BCUT2D eigenvalue weighted by molar-refractivity contribution is 5.82. The molecule has 1 atom stereocenters. The van der Waals surface area contributed by atoms with Gasteiger partial charge >= 0.3 is 0 Å². The van der Waals surface area contributed by atoms with E-state index in [1.165, 1.54) is 10.9 Å². The second kappa shape index (κ2) is 4.99. The van der Waals surface area contributed by atoms with E-state index in [9.17, 15) is 0 Å². The number of pyridine rings is 1. The molecule has 0 spiro atoms. The number of hydrogen-bond acceptors (Lipinski definition) is 2. The number of nitrogens with two attached hydrogens (primary N) is 1. The van der Waals surface area contributed by atoms with E-state index < -0.39 is 0 Å². The molecule has 0 saturated carbocycles. The van der Waals surface area contributed by atoms with Gasteiger partial charge in [-0.2, -0.15) is 0 Å². The minimum Gasteiger partial charge on any atom is -0.322 e. The molecule has 86 valence electrons. The summed E-state index contributed by atoms with van der Waals surface area (Å²) in [6, 6.07) is 10.1. The predicted octanol–water partition coefficient (Wildman–Crippen LogP) is 2.96. The molecule has 0 aliphatic rings. The molecular weight excluding hydrogens is 208 g/mol. The monoisotopic (exact) mass is 224 g/mol. The van der Waals surface area contributed by atoms with Gasteiger partial charge in [-0.1, -0.05) is 18.2 Å². The number of hydrogen-bond donors (Lipinski definition) is 1. The van der Waals surface area contributed by atoms with Gasteiger partial charge in [-0.3, -0.25) is 4.98 Å². The molecule has 0 aliphatic heterocycles. The molecule has 0 fully saturated rings. The Hall–Kier alpha value is -1.85. The Bertz CT molecular complexity index is 591. The highest BCUT2D eigenvalue weighted by Crippen LogP contribution is 2.21. The number of fused-ring (bicyclic) bond motifs is 1. The van der Waals surface area contributed by atoms with Crippen LogP contribution in [0.1, 0.15) is 30.6 Å². The van der Waals surface area contributed by atoms with Crippen molar-refractivity contribution >= 4 is 10.9 Å². The van der Waals surface area contributed by atoms with Gasteiger partial charge in [-0.05, 0) is 31.5 Å². The molecule has 2 N–H and O–H groups in total. The molecule has 2 aromatic rings. The summed E-state index contributed by atoms with van der Waals surface area (Å²) in [6.45, 7) is 3.91. The molecular formula is C15H16N2. The smallest absolute Gasteiger partial charge is 0.0708 e. The summed E-state index contributed by atoms with van der Waals surface area (Å²) in [6.07, 6.45) is 0.654. The second-order valence-corrected chi connectivity index (χ2v) is 4.12. The van der Waals surface area contributed by atoms with Crippen molar-refractivity contribution in [2.24, 2.45) is 5.73 Å². The summed E-state index contributed by atoms with van der Waals surface area (Å²) in [5.41, 5.74) is 9.21. The van der Waals surface area contributed by atoms with Gasteiger partial charge in [-0.25, -0.2) is 0 Å². The molecule has 1 aromatic heterocycles. The zero-order valence-corrected chi connectivity index (χ0v) is 10.2. The van der Waals surface area contributed by atoms with Crippen LogP contribution in [0.5, 0.6) is 0 Å². The first-order valence-corrected chi connectivity index (χ1v) is 5.74. The number of aryl methyl sites for hydroxylation is 1. The maximum atomic E-state index is 6.08. The highest BCUT2D eigenvalue weighted by Gasteiger charge is 2.08. The molecule has 1 heterocycles. The van der Waals surface area contributed by atoms with Gasteiger partial charge in [0, 0.05) is 11.8 Å². The lowest BCUT2D eigenvalue weighted by atomic mass is 10.0. The van der Waals surface area contributed by atoms with Crippen LogP contribution in [0, 0.1) is 18.8 Å². The minimum absolute atomic E-state index is 0.106. The van der Waals surface area contributed by atoms with Gasteiger partial charge in [0.25, 0.3) is 0 Å². The van der Waals surface area contributed by atoms with Crippen LogP contribution in [0.25, 0.3) is 10.9 Å². The van der Waals surface area contributed by atoms with Crippen molar-refractivity contribution in [3.8, 4) is 11.8 Å². The van der Waals surface area contributed by atoms with Crippen molar-refractivity contribution in [2.75, 3.05) is 0 Å². The summed E-state index contributed by atoms with van der Waals surface area (Å²) < 4.78 is 0. The van der Waals surface area contributed by atoms with Gasteiger partial charge in [0.05, 0.1) is 17.3 Å². The average Bonchev–Trinajstić information content (AvgIpc) is 2.36. The molecule has 2 rings (SSSR count). The number of aromatic nitrogens is 1. The zero-order chi connectivity index (χ0) is 12.3. The van der Waals surface area contributed by atoms with Crippen molar-refractivity contribution in [3.63, 3.8) is 0 Å². The molecule has 17 heavy (non-hydrogen) atoms.